The van der Waals surface area contributed by atoms with Crippen LogP contribution in [0.2, 0.25) is 0 Å². The first-order valence-corrected chi connectivity index (χ1v) is 6.57. The van der Waals surface area contributed by atoms with Crippen LogP contribution in [0.1, 0.15) is 11.1 Å². The van der Waals surface area contributed by atoms with E-state index in [9.17, 15) is 9.65 Å². The van der Waals surface area contributed by atoms with Crippen molar-refractivity contribution in [2.75, 3.05) is 5.73 Å². The van der Waals surface area contributed by atoms with Gasteiger partial charge in [-0.25, -0.2) is 9.37 Å². The van der Waals surface area contributed by atoms with E-state index in [1.165, 1.54) is 16.8 Å². The van der Waals surface area contributed by atoms with Gasteiger partial charge in [-0.1, -0.05) is 0 Å². The van der Waals surface area contributed by atoms with Crippen LogP contribution in [0.4, 0.5) is 10.2 Å². The van der Waals surface area contributed by atoms with E-state index in [2.05, 4.69) is 16.2 Å². The van der Waals surface area contributed by atoms with Crippen LogP contribution < -0.4 is 5.73 Å². The lowest BCUT2D eigenvalue weighted by molar-refractivity contribution is 0.628. The van der Waals surface area contributed by atoms with E-state index < -0.39 is 0 Å². The summed E-state index contributed by atoms with van der Waals surface area (Å²) in [5, 5.41) is 13.7. The van der Waals surface area contributed by atoms with E-state index >= 15 is 0 Å². The summed E-state index contributed by atoms with van der Waals surface area (Å²) in [6.45, 7) is 1.93. The van der Waals surface area contributed by atoms with Crippen molar-refractivity contribution in [3.05, 3.63) is 59.5 Å². The van der Waals surface area contributed by atoms with Crippen LogP contribution in [0, 0.1) is 24.1 Å². The molecule has 3 aromatic rings. The summed E-state index contributed by atoms with van der Waals surface area (Å²) in [6, 6.07) is 11.5. The lowest BCUT2D eigenvalue weighted by atomic mass is 10.1. The molecule has 0 bridgehead atoms. The number of hydrogen-bond donors (Lipinski definition) is 1. The number of benzene rings is 1. The van der Waals surface area contributed by atoms with E-state index in [4.69, 9.17) is 5.73 Å². The van der Waals surface area contributed by atoms with Gasteiger partial charge in [0.25, 0.3) is 0 Å². The monoisotopic (exact) mass is 293 g/mol. The molecule has 3 rings (SSSR count). The summed E-state index contributed by atoms with van der Waals surface area (Å²) < 4.78 is 14.5. The fourth-order valence-electron chi connectivity index (χ4n) is 2.16. The fourth-order valence-corrected chi connectivity index (χ4v) is 2.16. The van der Waals surface area contributed by atoms with Crippen LogP contribution >= 0.6 is 0 Å². The molecule has 6 heteroatoms. The molecular formula is C16H12FN5. The number of pyridine rings is 1. The summed E-state index contributed by atoms with van der Waals surface area (Å²) in [7, 11) is 0. The van der Waals surface area contributed by atoms with Crippen molar-refractivity contribution in [1.29, 1.82) is 5.26 Å². The maximum Gasteiger partial charge on any atom is 0.155 e. The molecule has 2 aromatic heterocycles. The van der Waals surface area contributed by atoms with Gasteiger partial charge in [-0.05, 0) is 48.9 Å². The van der Waals surface area contributed by atoms with E-state index in [1.54, 1.807) is 18.3 Å². The number of rotatable bonds is 2. The number of nitrogens with zero attached hydrogens (tertiary/aromatic N) is 4. The lowest BCUT2D eigenvalue weighted by Gasteiger charge is -2.03. The van der Waals surface area contributed by atoms with Crippen LogP contribution in [-0.4, -0.2) is 14.8 Å². The molecule has 2 N–H and O–H groups in total. The number of nitrogen functional groups attached to an aromatic ring is 1. The van der Waals surface area contributed by atoms with Crippen molar-refractivity contribution in [3.8, 4) is 23.1 Å². The molecule has 22 heavy (non-hydrogen) atoms. The number of nitrogens with two attached hydrogens (primary N) is 1. The van der Waals surface area contributed by atoms with Crippen LogP contribution in [0.3, 0.4) is 0 Å². The van der Waals surface area contributed by atoms with Crippen molar-refractivity contribution in [2.24, 2.45) is 0 Å². The molecular weight excluding hydrogens is 281 g/mol. The molecule has 0 spiro atoms. The highest BCUT2D eigenvalue weighted by Crippen LogP contribution is 2.28. The second-order valence-corrected chi connectivity index (χ2v) is 4.83. The van der Waals surface area contributed by atoms with Crippen molar-refractivity contribution in [2.45, 2.75) is 6.92 Å². The van der Waals surface area contributed by atoms with Crippen molar-refractivity contribution < 1.29 is 4.39 Å². The molecule has 0 saturated heterocycles. The molecule has 0 aliphatic heterocycles. The molecule has 0 unspecified atom stereocenters. The molecule has 1 aromatic carbocycles. The SMILES string of the molecule is Cc1ccnc(-n2nc(-c3ccc(F)cc3)c(C#N)c2N)c1. The predicted molar refractivity (Wildman–Crippen MR) is 80.6 cm³/mol. The number of hydrogen-bond acceptors (Lipinski definition) is 4. The number of nitriles is 1. The first kappa shape index (κ1) is 13.8. The van der Waals surface area contributed by atoms with E-state index in [-0.39, 0.29) is 17.2 Å². The number of aromatic nitrogens is 3. The van der Waals surface area contributed by atoms with E-state index in [0.717, 1.165) is 5.56 Å². The van der Waals surface area contributed by atoms with Crippen molar-refractivity contribution in [1.82, 2.24) is 14.8 Å². The van der Waals surface area contributed by atoms with Gasteiger partial charge in [-0.3, -0.25) is 0 Å². The molecule has 0 atom stereocenters. The average molecular weight is 293 g/mol. The Balaban J connectivity index is 2.19. The third kappa shape index (κ3) is 2.29. The van der Waals surface area contributed by atoms with Gasteiger partial charge in [-0.15, -0.1) is 0 Å². The molecule has 0 saturated carbocycles. The van der Waals surface area contributed by atoms with Crippen LogP contribution in [0.25, 0.3) is 17.1 Å². The van der Waals surface area contributed by atoms with Gasteiger partial charge in [-0.2, -0.15) is 15.0 Å². The maximum absolute atomic E-state index is 13.1. The smallest absolute Gasteiger partial charge is 0.155 e. The van der Waals surface area contributed by atoms with E-state index in [1.807, 2.05) is 19.1 Å². The van der Waals surface area contributed by atoms with Crippen molar-refractivity contribution in [3.63, 3.8) is 0 Å². The zero-order valence-electron chi connectivity index (χ0n) is 11.8. The molecule has 0 amide bonds. The summed E-state index contributed by atoms with van der Waals surface area (Å²) in [5.41, 5.74) is 8.30. The summed E-state index contributed by atoms with van der Waals surface area (Å²) >= 11 is 0. The van der Waals surface area contributed by atoms with Gasteiger partial charge < -0.3 is 5.73 Å². The third-order valence-electron chi connectivity index (χ3n) is 3.27. The standard InChI is InChI=1S/C16H12FN5/c1-10-6-7-20-14(8-10)22-16(19)13(9-18)15(21-22)11-2-4-12(17)5-3-11/h2-8H,19H2,1H3. The molecule has 0 aliphatic carbocycles. The van der Waals surface area contributed by atoms with Gasteiger partial charge in [0.2, 0.25) is 0 Å². The highest BCUT2D eigenvalue weighted by atomic mass is 19.1. The average Bonchev–Trinajstić information content (AvgIpc) is 2.85. The van der Waals surface area contributed by atoms with Crippen LogP contribution in [-0.2, 0) is 0 Å². The lowest BCUT2D eigenvalue weighted by Crippen LogP contribution is -2.04. The Hall–Kier alpha value is -3.20. The third-order valence-corrected chi connectivity index (χ3v) is 3.27. The second-order valence-electron chi connectivity index (χ2n) is 4.83. The molecule has 0 fully saturated rings. The maximum atomic E-state index is 13.1. The van der Waals surface area contributed by atoms with E-state index in [0.29, 0.717) is 17.1 Å². The van der Waals surface area contributed by atoms with Gasteiger partial charge >= 0.3 is 0 Å². The Kier molecular flexibility index (Phi) is 3.31. The Morgan fingerprint density at radius 3 is 2.59 bits per heavy atom. The molecule has 5 nitrogen and oxygen atoms in total. The largest absolute Gasteiger partial charge is 0.382 e. The minimum Gasteiger partial charge on any atom is -0.382 e. The molecule has 0 aliphatic rings. The number of aryl methyl sites for hydroxylation is 1. The second kappa shape index (κ2) is 5.30. The van der Waals surface area contributed by atoms with Crippen LogP contribution in [0.15, 0.2) is 42.6 Å². The minimum absolute atomic E-state index is 0.208. The summed E-state index contributed by atoms with van der Waals surface area (Å²) in [5.74, 6) is 0.386. The minimum atomic E-state index is -0.352. The van der Waals surface area contributed by atoms with Crippen LogP contribution in [0.5, 0.6) is 0 Å². The van der Waals surface area contributed by atoms with Gasteiger partial charge in [0.05, 0.1) is 0 Å². The first-order chi connectivity index (χ1) is 10.6. The summed E-state index contributed by atoms with van der Waals surface area (Å²) in [6.07, 6.45) is 1.65. The molecule has 0 radical (unpaired) electrons. The van der Waals surface area contributed by atoms with Gasteiger partial charge in [0.1, 0.15) is 29.0 Å². The van der Waals surface area contributed by atoms with Gasteiger partial charge in [0, 0.05) is 11.8 Å². The van der Waals surface area contributed by atoms with Crippen molar-refractivity contribution >= 4 is 5.82 Å². The number of anilines is 1. The van der Waals surface area contributed by atoms with Gasteiger partial charge in [0.15, 0.2) is 5.82 Å². The zero-order chi connectivity index (χ0) is 15.7. The first-order valence-electron chi connectivity index (χ1n) is 6.57. The topological polar surface area (TPSA) is 80.5 Å². The number of halogens is 1. The molecule has 108 valence electrons. The Morgan fingerprint density at radius 2 is 1.95 bits per heavy atom. The Morgan fingerprint density at radius 1 is 1.23 bits per heavy atom. The predicted octanol–water partition coefficient (Wildman–Crippen LogP) is 2.84. The molecule has 2 heterocycles. The summed E-state index contributed by atoms with van der Waals surface area (Å²) in [4.78, 5) is 4.22. The highest BCUT2D eigenvalue weighted by Gasteiger charge is 2.18. The highest BCUT2D eigenvalue weighted by molar-refractivity contribution is 5.73. The Bertz CT molecular complexity index is 875. The fraction of sp³-hybridized carbons (Fsp3) is 0.0625. The zero-order valence-corrected chi connectivity index (χ0v) is 11.8. The normalized spacial score (nSPS) is 10.4. The Labute approximate surface area is 126 Å². The quantitative estimate of drug-likeness (QED) is 0.787.